The number of carbonyl (C=O) groups is 1. The predicted molar refractivity (Wildman–Crippen MR) is 116 cm³/mol. The molecule has 8 nitrogen and oxygen atoms in total. The summed E-state index contributed by atoms with van der Waals surface area (Å²) in [5.74, 6) is 2.06. The van der Waals surface area contributed by atoms with Gasteiger partial charge >= 0.3 is 0 Å². The number of amides is 1. The second-order valence-electron chi connectivity index (χ2n) is 7.54. The molecule has 3 heterocycles. The molecule has 1 fully saturated rings. The maximum Gasteiger partial charge on any atom is 0.230 e. The molecule has 0 unspecified atom stereocenters. The van der Waals surface area contributed by atoms with Crippen LogP contribution in [0.3, 0.4) is 0 Å². The van der Waals surface area contributed by atoms with Crippen LogP contribution in [-0.2, 0) is 4.79 Å². The zero-order valence-electron chi connectivity index (χ0n) is 17.2. The number of carbonyl (C=O) groups excluding carboxylic acids is 1. The van der Waals surface area contributed by atoms with Crippen LogP contribution in [0.4, 0.5) is 23.3 Å². The number of nitrogens with zero attached hydrogens (tertiary/aromatic N) is 6. The normalized spacial score (nSPS) is 14.3. The van der Waals surface area contributed by atoms with Gasteiger partial charge in [-0.05, 0) is 38.0 Å². The van der Waals surface area contributed by atoms with Gasteiger partial charge in [-0.3, -0.25) is 4.79 Å². The molecule has 1 amide bonds. The molecular formula is C21H27N7O. The number of fused-ring (bicyclic) bond motifs is 1. The molecule has 0 aliphatic heterocycles. The fourth-order valence-electron chi connectivity index (χ4n) is 3.89. The molecule has 0 bridgehead atoms. The highest BCUT2D eigenvalue weighted by Gasteiger charge is 2.24. The van der Waals surface area contributed by atoms with Crippen LogP contribution in [0, 0.1) is 0 Å². The van der Waals surface area contributed by atoms with Gasteiger partial charge in [0.15, 0.2) is 0 Å². The lowest BCUT2D eigenvalue weighted by Gasteiger charge is -2.20. The van der Waals surface area contributed by atoms with Crippen molar-refractivity contribution in [1.82, 2.24) is 19.5 Å². The van der Waals surface area contributed by atoms with Gasteiger partial charge in [0, 0.05) is 38.3 Å². The Balaban J connectivity index is 1.67. The Hall–Kier alpha value is -3.16. The Kier molecular flexibility index (Phi) is 5.33. The van der Waals surface area contributed by atoms with E-state index in [9.17, 15) is 4.79 Å². The van der Waals surface area contributed by atoms with Crippen molar-refractivity contribution in [2.24, 2.45) is 0 Å². The third kappa shape index (κ3) is 3.74. The van der Waals surface area contributed by atoms with Crippen LogP contribution in [0.5, 0.6) is 0 Å². The topological polar surface area (TPSA) is 79.2 Å². The van der Waals surface area contributed by atoms with Gasteiger partial charge in [0.25, 0.3) is 0 Å². The Labute approximate surface area is 170 Å². The highest BCUT2D eigenvalue weighted by atomic mass is 16.1. The molecule has 0 saturated heterocycles. The van der Waals surface area contributed by atoms with Gasteiger partial charge in [0.2, 0.25) is 12.4 Å². The number of hydrogen-bond donors (Lipinski definition) is 1. The minimum atomic E-state index is 0.356. The molecule has 1 N–H and O–H groups in total. The van der Waals surface area contributed by atoms with Crippen LogP contribution in [0.15, 0.2) is 30.6 Å². The average molecular weight is 393 g/mol. The molecule has 0 radical (unpaired) electrons. The summed E-state index contributed by atoms with van der Waals surface area (Å²) in [4.78, 5) is 28.8. The molecule has 1 saturated carbocycles. The quantitative estimate of drug-likeness (QED) is 0.616. The van der Waals surface area contributed by atoms with Crippen molar-refractivity contribution in [3.8, 4) is 0 Å². The second-order valence-corrected chi connectivity index (χ2v) is 7.54. The van der Waals surface area contributed by atoms with E-state index in [-0.39, 0.29) is 0 Å². The van der Waals surface area contributed by atoms with Crippen molar-refractivity contribution in [2.75, 3.05) is 35.8 Å². The highest BCUT2D eigenvalue weighted by Crippen LogP contribution is 2.37. The molecule has 1 aliphatic rings. The number of anilines is 4. The standard InChI is InChI=1S/C21H27N7O/c1-4-26(2)17-9-10-18(22-13-17)24-21-23-12-15-11-19(27(3)14-29)28(20(15)25-21)16-7-5-6-8-16/h9-14,16H,4-8H2,1-3H3,(H,22,23,24,25). The third-order valence-electron chi connectivity index (χ3n) is 5.67. The Morgan fingerprint density at radius 2 is 2.00 bits per heavy atom. The number of nitrogens with one attached hydrogen (secondary N) is 1. The summed E-state index contributed by atoms with van der Waals surface area (Å²) in [6.07, 6.45) is 9.08. The SMILES string of the molecule is CCN(C)c1ccc(Nc2ncc3cc(N(C)C=O)n(C4CCCC4)c3n2)nc1. The van der Waals surface area contributed by atoms with Crippen molar-refractivity contribution < 1.29 is 4.79 Å². The molecule has 0 atom stereocenters. The Morgan fingerprint density at radius 3 is 2.66 bits per heavy atom. The van der Waals surface area contributed by atoms with E-state index in [0.717, 1.165) is 48.3 Å². The van der Waals surface area contributed by atoms with Crippen LogP contribution in [-0.4, -0.2) is 46.6 Å². The fraction of sp³-hybridized carbons (Fsp3) is 0.429. The fourth-order valence-corrected chi connectivity index (χ4v) is 3.89. The molecule has 3 aromatic rings. The number of rotatable bonds is 7. The van der Waals surface area contributed by atoms with E-state index in [1.54, 1.807) is 18.1 Å². The maximum absolute atomic E-state index is 11.4. The van der Waals surface area contributed by atoms with Gasteiger partial charge in [-0.25, -0.2) is 9.97 Å². The number of aromatic nitrogens is 4. The average Bonchev–Trinajstić information content (AvgIpc) is 3.40. The van der Waals surface area contributed by atoms with E-state index < -0.39 is 0 Å². The lowest BCUT2D eigenvalue weighted by molar-refractivity contribution is -0.107. The largest absolute Gasteiger partial charge is 0.374 e. The monoisotopic (exact) mass is 393 g/mol. The smallest absolute Gasteiger partial charge is 0.230 e. The second kappa shape index (κ2) is 8.06. The molecule has 0 spiro atoms. The minimum absolute atomic E-state index is 0.356. The van der Waals surface area contributed by atoms with Gasteiger partial charge in [0.1, 0.15) is 17.3 Å². The molecule has 8 heteroatoms. The first kappa shape index (κ1) is 19.2. The van der Waals surface area contributed by atoms with Crippen molar-refractivity contribution in [3.05, 3.63) is 30.6 Å². The summed E-state index contributed by atoms with van der Waals surface area (Å²) in [6, 6.07) is 6.29. The molecule has 3 aromatic heterocycles. The Bertz CT molecular complexity index is 992. The first-order valence-corrected chi connectivity index (χ1v) is 10.1. The van der Waals surface area contributed by atoms with Crippen molar-refractivity contribution in [3.63, 3.8) is 0 Å². The van der Waals surface area contributed by atoms with E-state index in [4.69, 9.17) is 4.98 Å². The van der Waals surface area contributed by atoms with Gasteiger partial charge in [-0.15, -0.1) is 0 Å². The minimum Gasteiger partial charge on any atom is -0.374 e. The summed E-state index contributed by atoms with van der Waals surface area (Å²) in [5.41, 5.74) is 1.91. The Morgan fingerprint density at radius 1 is 1.21 bits per heavy atom. The molecule has 1 aliphatic carbocycles. The summed E-state index contributed by atoms with van der Waals surface area (Å²) in [5, 5.41) is 4.13. The van der Waals surface area contributed by atoms with Crippen molar-refractivity contribution in [1.29, 1.82) is 0 Å². The summed E-state index contributed by atoms with van der Waals surface area (Å²) in [7, 11) is 3.81. The van der Waals surface area contributed by atoms with Crippen LogP contribution in [0.25, 0.3) is 11.0 Å². The lowest BCUT2D eigenvalue weighted by atomic mass is 10.2. The molecule has 152 valence electrons. The van der Waals surface area contributed by atoms with Crippen LogP contribution in [0.1, 0.15) is 38.6 Å². The van der Waals surface area contributed by atoms with Crippen LogP contribution in [0.2, 0.25) is 0 Å². The van der Waals surface area contributed by atoms with E-state index >= 15 is 0 Å². The summed E-state index contributed by atoms with van der Waals surface area (Å²) >= 11 is 0. The van der Waals surface area contributed by atoms with E-state index in [1.165, 1.54) is 12.8 Å². The first-order chi connectivity index (χ1) is 14.1. The predicted octanol–water partition coefficient (Wildman–Crippen LogP) is 3.73. The lowest BCUT2D eigenvalue weighted by Crippen LogP contribution is -2.20. The summed E-state index contributed by atoms with van der Waals surface area (Å²) in [6.45, 7) is 3.02. The molecule has 4 rings (SSSR count). The van der Waals surface area contributed by atoms with Crippen molar-refractivity contribution in [2.45, 2.75) is 38.6 Å². The number of hydrogen-bond acceptors (Lipinski definition) is 6. The van der Waals surface area contributed by atoms with Gasteiger partial charge in [-0.2, -0.15) is 4.98 Å². The van der Waals surface area contributed by atoms with Gasteiger partial charge < -0.3 is 19.7 Å². The van der Waals surface area contributed by atoms with Crippen LogP contribution < -0.4 is 15.1 Å². The molecule has 29 heavy (non-hydrogen) atoms. The van der Waals surface area contributed by atoms with E-state index in [0.29, 0.717) is 17.8 Å². The highest BCUT2D eigenvalue weighted by molar-refractivity contribution is 5.86. The van der Waals surface area contributed by atoms with Crippen LogP contribution >= 0.6 is 0 Å². The maximum atomic E-state index is 11.4. The third-order valence-corrected chi connectivity index (χ3v) is 5.67. The van der Waals surface area contributed by atoms with E-state index in [2.05, 4.69) is 31.7 Å². The molecule has 0 aromatic carbocycles. The number of pyridine rings is 1. The van der Waals surface area contributed by atoms with E-state index in [1.807, 2.05) is 31.4 Å². The zero-order chi connectivity index (χ0) is 20.4. The zero-order valence-corrected chi connectivity index (χ0v) is 17.2. The van der Waals surface area contributed by atoms with Crippen molar-refractivity contribution >= 4 is 40.7 Å². The molecular weight excluding hydrogens is 366 g/mol. The van der Waals surface area contributed by atoms with Gasteiger partial charge in [0.05, 0.1) is 11.9 Å². The first-order valence-electron chi connectivity index (χ1n) is 10.1. The van der Waals surface area contributed by atoms with Gasteiger partial charge in [-0.1, -0.05) is 12.8 Å². The summed E-state index contributed by atoms with van der Waals surface area (Å²) < 4.78 is 2.19.